The summed E-state index contributed by atoms with van der Waals surface area (Å²) in [7, 11) is 0. The number of nitrogens with zero attached hydrogens (tertiary/aromatic N) is 7. The maximum absolute atomic E-state index is 13.6. The monoisotopic (exact) mass is 379 g/mol. The Hall–Kier alpha value is -3.56. The van der Waals surface area contributed by atoms with Crippen LogP contribution in [0.1, 0.15) is 12.8 Å². The lowest BCUT2D eigenvalue weighted by Crippen LogP contribution is -2.42. The standard InChI is InChI=1S/C18H18FN9/c19-12-3-4-16-21-8-14(28(16)9-12)17-20-6-5-15(25-17)24-13-2-1-7-27(10-13)18-22-11-23-26-18/h3-6,8-9,11,13H,1-2,7,10H2,(H,20,24,25)(H,22,23,26). The lowest BCUT2D eigenvalue weighted by atomic mass is 10.1. The highest BCUT2D eigenvalue weighted by Crippen LogP contribution is 2.21. The average Bonchev–Trinajstić information content (AvgIpc) is 3.38. The van der Waals surface area contributed by atoms with Gasteiger partial charge in [-0.3, -0.25) is 4.40 Å². The quantitative estimate of drug-likeness (QED) is 0.560. The van der Waals surface area contributed by atoms with Crippen LogP contribution in [0.4, 0.5) is 16.2 Å². The van der Waals surface area contributed by atoms with Crippen LogP contribution >= 0.6 is 0 Å². The first-order valence-electron chi connectivity index (χ1n) is 9.09. The minimum atomic E-state index is -0.337. The van der Waals surface area contributed by atoms with Crippen LogP contribution in [0.2, 0.25) is 0 Å². The summed E-state index contributed by atoms with van der Waals surface area (Å²) in [5.41, 5.74) is 1.29. The van der Waals surface area contributed by atoms with Gasteiger partial charge in [0, 0.05) is 31.5 Å². The molecule has 0 bridgehead atoms. The van der Waals surface area contributed by atoms with Crippen LogP contribution in [0.15, 0.2) is 43.1 Å². The Morgan fingerprint density at radius 2 is 2.14 bits per heavy atom. The van der Waals surface area contributed by atoms with Gasteiger partial charge in [-0.15, -0.1) is 0 Å². The molecule has 9 nitrogen and oxygen atoms in total. The molecule has 28 heavy (non-hydrogen) atoms. The highest BCUT2D eigenvalue weighted by atomic mass is 19.1. The number of imidazole rings is 1. The second-order valence-electron chi connectivity index (χ2n) is 6.72. The Kier molecular flexibility index (Phi) is 4.08. The fraction of sp³-hybridized carbons (Fsp3) is 0.278. The van der Waals surface area contributed by atoms with Crippen LogP contribution in [0.3, 0.4) is 0 Å². The molecule has 4 aromatic heterocycles. The average molecular weight is 379 g/mol. The number of pyridine rings is 1. The summed E-state index contributed by atoms with van der Waals surface area (Å²) >= 11 is 0. The molecule has 1 unspecified atom stereocenters. The molecular formula is C18H18FN9. The summed E-state index contributed by atoms with van der Waals surface area (Å²) < 4.78 is 15.3. The van der Waals surface area contributed by atoms with Crippen molar-refractivity contribution in [3.8, 4) is 11.5 Å². The molecule has 4 aromatic rings. The molecule has 5 heterocycles. The van der Waals surface area contributed by atoms with Crippen LogP contribution in [0.25, 0.3) is 17.2 Å². The highest BCUT2D eigenvalue weighted by molar-refractivity contribution is 5.58. The van der Waals surface area contributed by atoms with Crippen LogP contribution in [0.5, 0.6) is 0 Å². The predicted octanol–water partition coefficient (Wildman–Crippen LogP) is 2.13. The number of aromatic amines is 1. The topological polar surface area (TPSA) is 99.9 Å². The van der Waals surface area contributed by atoms with E-state index in [1.807, 2.05) is 6.07 Å². The van der Waals surface area contributed by atoms with Gasteiger partial charge in [0.1, 0.15) is 29.3 Å². The van der Waals surface area contributed by atoms with E-state index in [1.165, 1.54) is 18.6 Å². The number of aromatic nitrogens is 7. The van der Waals surface area contributed by atoms with E-state index < -0.39 is 0 Å². The van der Waals surface area contributed by atoms with E-state index >= 15 is 0 Å². The van der Waals surface area contributed by atoms with E-state index in [2.05, 4.69) is 40.3 Å². The molecule has 0 amide bonds. The van der Waals surface area contributed by atoms with Gasteiger partial charge >= 0.3 is 0 Å². The Morgan fingerprint density at radius 1 is 1.18 bits per heavy atom. The number of anilines is 2. The van der Waals surface area contributed by atoms with Crippen molar-refractivity contribution in [1.29, 1.82) is 0 Å². The van der Waals surface area contributed by atoms with E-state index in [-0.39, 0.29) is 11.9 Å². The first-order chi connectivity index (χ1) is 13.8. The van der Waals surface area contributed by atoms with Gasteiger partial charge in [-0.2, -0.15) is 10.1 Å². The van der Waals surface area contributed by atoms with E-state index in [0.717, 1.165) is 37.7 Å². The van der Waals surface area contributed by atoms with Crippen molar-refractivity contribution < 1.29 is 4.39 Å². The van der Waals surface area contributed by atoms with Gasteiger partial charge in [0.2, 0.25) is 5.95 Å². The van der Waals surface area contributed by atoms with Gasteiger partial charge in [0.05, 0.1) is 6.20 Å². The van der Waals surface area contributed by atoms with Crippen LogP contribution < -0.4 is 10.2 Å². The first-order valence-corrected chi connectivity index (χ1v) is 9.09. The largest absolute Gasteiger partial charge is 0.365 e. The summed E-state index contributed by atoms with van der Waals surface area (Å²) in [4.78, 5) is 19.7. The third kappa shape index (κ3) is 3.13. The lowest BCUT2D eigenvalue weighted by Gasteiger charge is -2.32. The molecule has 1 aliphatic heterocycles. The fourth-order valence-electron chi connectivity index (χ4n) is 3.53. The van der Waals surface area contributed by atoms with Crippen LogP contribution in [0, 0.1) is 5.82 Å². The predicted molar refractivity (Wildman–Crippen MR) is 101 cm³/mol. The molecule has 1 aliphatic rings. The molecule has 10 heteroatoms. The molecule has 0 radical (unpaired) electrons. The Bertz CT molecular complexity index is 1090. The second-order valence-corrected chi connectivity index (χ2v) is 6.72. The van der Waals surface area contributed by atoms with Crippen molar-refractivity contribution in [1.82, 2.24) is 34.5 Å². The van der Waals surface area contributed by atoms with E-state index in [4.69, 9.17) is 0 Å². The first kappa shape index (κ1) is 16.6. The van der Waals surface area contributed by atoms with Crippen molar-refractivity contribution in [2.24, 2.45) is 0 Å². The number of piperidine rings is 1. The lowest BCUT2D eigenvalue weighted by molar-refractivity contribution is 0.522. The minimum absolute atomic E-state index is 0.223. The highest BCUT2D eigenvalue weighted by Gasteiger charge is 2.22. The van der Waals surface area contributed by atoms with Crippen LogP contribution in [-0.4, -0.2) is 53.7 Å². The Labute approximate surface area is 159 Å². The van der Waals surface area contributed by atoms with Gasteiger partial charge in [0.25, 0.3) is 0 Å². The summed E-state index contributed by atoms with van der Waals surface area (Å²) in [6.45, 7) is 1.74. The molecule has 0 aromatic carbocycles. The third-order valence-electron chi connectivity index (χ3n) is 4.83. The summed E-state index contributed by atoms with van der Waals surface area (Å²) in [6.07, 6.45) is 8.33. The molecule has 1 fully saturated rings. The van der Waals surface area contributed by atoms with Gasteiger partial charge in [0.15, 0.2) is 5.82 Å². The molecule has 1 atom stereocenters. The number of H-pyrrole nitrogens is 1. The zero-order chi connectivity index (χ0) is 18.9. The van der Waals surface area contributed by atoms with Crippen molar-refractivity contribution in [3.63, 3.8) is 0 Å². The minimum Gasteiger partial charge on any atom is -0.365 e. The molecule has 142 valence electrons. The molecule has 5 rings (SSSR count). The van der Waals surface area contributed by atoms with E-state index in [0.29, 0.717) is 17.2 Å². The smallest absolute Gasteiger partial charge is 0.221 e. The Morgan fingerprint density at radius 3 is 3.04 bits per heavy atom. The fourth-order valence-corrected chi connectivity index (χ4v) is 3.53. The van der Waals surface area contributed by atoms with E-state index in [9.17, 15) is 4.39 Å². The number of halogens is 1. The summed E-state index contributed by atoms with van der Waals surface area (Å²) in [5.74, 6) is 1.66. The SMILES string of the molecule is Fc1ccc2ncc(-c3nccc(NC4CCCN(c5ncn[nH]5)C4)n3)n2c1. The normalized spacial score (nSPS) is 17.2. The van der Waals surface area contributed by atoms with Gasteiger partial charge in [-0.05, 0) is 31.0 Å². The Balaban J connectivity index is 1.38. The molecule has 1 saturated heterocycles. The van der Waals surface area contributed by atoms with Crippen molar-refractivity contribution >= 4 is 17.4 Å². The number of nitrogens with one attached hydrogen (secondary N) is 2. The molecule has 0 saturated carbocycles. The maximum Gasteiger partial charge on any atom is 0.221 e. The maximum atomic E-state index is 13.6. The number of rotatable bonds is 4. The van der Waals surface area contributed by atoms with Crippen molar-refractivity contribution in [3.05, 3.63) is 48.9 Å². The number of fused-ring (bicyclic) bond motifs is 1. The zero-order valence-corrected chi connectivity index (χ0v) is 15.0. The second kappa shape index (κ2) is 6.87. The van der Waals surface area contributed by atoms with E-state index in [1.54, 1.807) is 22.9 Å². The summed E-state index contributed by atoms with van der Waals surface area (Å²) in [5, 5.41) is 10.3. The van der Waals surface area contributed by atoms with Gasteiger partial charge in [-0.25, -0.2) is 24.4 Å². The molecular weight excluding hydrogens is 361 g/mol. The molecule has 0 aliphatic carbocycles. The van der Waals surface area contributed by atoms with Gasteiger partial charge < -0.3 is 10.2 Å². The van der Waals surface area contributed by atoms with Crippen molar-refractivity contribution in [2.75, 3.05) is 23.3 Å². The van der Waals surface area contributed by atoms with Crippen LogP contribution in [-0.2, 0) is 0 Å². The zero-order valence-electron chi connectivity index (χ0n) is 15.0. The molecule has 2 N–H and O–H groups in total. The summed E-state index contributed by atoms with van der Waals surface area (Å²) in [6, 6.07) is 5.07. The van der Waals surface area contributed by atoms with Gasteiger partial charge in [-0.1, -0.05) is 0 Å². The molecule has 0 spiro atoms. The third-order valence-corrected chi connectivity index (χ3v) is 4.83. The van der Waals surface area contributed by atoms with Crippen molar-refractivity contribution in [2.45, 2.75) is 18.9 Å². The number of hydrogen-bond acceptors (Lipinski definition) is 7. The number of hydrogen-bond donors (Lipinski definition) is 2.